The molecule has 3 heteroatoms. The van der Waals surface area contributed by atoms with Crippen molar-refractivity contribution in [2.24, 2.45) is 0 Å². The van der Waals surface area contributed by atoms with Gasteiger partial charge in [-0.2, -0.15) is 0 Å². The van der Waals surface area contributed by atoms with Crippen molar-refractivity contribution in [1.82, 2.24) is 0 Å². The molecule has 0 saturated heterocycles. The molecule has 0 rings (SSSR count). The summed E-state index contributed by atoms with van der Waals surface area (Å²) >= 11 is 0. The van der Waals surface area contributed by atoms with Crippen LogP contribution in [0.4, 0.5) is 0 Å². The Bertz CT molecular complexity index is 413. The van der Waals surface area contributed by atoms with Crippen LogP contribution < -0.4 is 0 Å². The topological polar surface area (TPSA) is 60.7 Å². The third-order valence-corrected chi connectivity index (χ3v) is 4.15. The van der Waals surface area contributed by atoms with E-state index >= 15 is 0 Å². The van der Waals surface area contributed by atoms with Gasteiger partial charge in [-0.05, 0) is 78.7 Å². The lowest BCUT2D eigenvalue weighted by Crippen LogP contribution is -2.23. The Kier molecular flexibility index (Phi) is 11.2. The highest BCUT2D eigenvalue weighted by Gasteiger charge is 2.18. The van der Waals surface area contributed by atoms with E-state index in [1.807, 2.05) is 52.8 Å². The minimum absolute atomic E-state index is 0.0847. The molecule has 0 fully saturated rings. The van der Waals surface area contributed by atoms with Crippen molar-refractivity contribution in [1.29, 1.82) is 0 Å². The summed E-state index contributed by atoms with van der Waals surface area (Å²) in [6.45, 7) is 9.97. The molecule has 0 bridgehead atoms. The minimum atomic E-state index is -0.679. The molecule has 0 heterocycles. The fourth-order valence-electron chi connectivity index (χ4n) is 2.41. The fraction of sp³-hybridized carbons (Fsp3) is 0.700. The van der Waals surface area contributed by atoms with Crippen LogP contribution in [0.5, 0.6) is 0 Å². The Morgan fingerprint density at radius 3 is 2.26 bits per heavy atom. The predicted molar refractivity (Wildman–Crippen MR) is 98.4 cm³/mol. The highest BCUT2D eigenvalue weighted by Crippen LogP contribution is 2.22. The van der Waals surface area contributed by atoms with Crippen molar-refractivity contribution < 1.29 is 15.3 Å². The number of aliphatic hydroxyl groups is 3. The van der Waals surface area contributed by atoms with Gasteiger partial charge in [-0.3, -0.25) is 0 Å². The molecule has 3 N–H and O–H groups in total. The average molecular weight is 325 g/mol. The molecule has 0 saturated carbocycles. The molecule has 0 aliphatic heterocycles. The normalized spacial score (nSPS) is 16.9. The van der Waals surface area contributed by atoms with E-state index in [4.69, 9.17) is 5.11 Å². The molecular weight excluding hydrogens is 288 g/mol. The molecule has 0 aromatic heterocycles. The molecule has 0 amide bonds. The van der Waals surface area contributed by atoms with Gasteiger partial charge in [-0.25, -0.2) is 0 Å². The van der Waals surface area contributed by atoms with Gasteiger partial charge in [-0.1, -0.05) is 29.4 Å². The van der Waals surface area contributed by atoms with E-state index in [-0.39, 0.29) is 6.61 Å². The highest BCUT2D eigenvalue weighted by molar-refractivity contribution is 5.08. The second-order valence-electron chi connectivity index (χ2n) is 7.10. The summed E-state index contributed by atoms with van der Waals surface area (Å²) in [5.41, 5.74) is 2.67. The number of hydrogen-bond acceptors (Lipinski definition) is 3. The van der Waals surface area contributed by atoms with Gasteiger partial charge in [0, 0.05) is 0 Å². The lowest BCUT2D eigenvalue weighted by atomic mass is 9.92. The Morgan fingerprint density at radius 1 is 1.04 bits per heavy atom. The largest absolute Gasteiger partial charge is 0.392 e. The zero-order chi connectivity index (χ0) is 17.9. The van der Waals surface area contributed by atoms with Gasteiger partial charge >= 0.3 is 0 Å². The van der Waals surface area contributed by atoms with E-state index in [9.17, 15) is 10.2 Å². The standard InChI is InChI=1S/C20H36O3/c1-16(2)10-11-19(22)18(4)9-7-14-20(5,23)13-6-8-17(3)12-15-21/h9-10,12,19,21-23H,6-8,11,13-15H2,1-5H3/b17-12+,18-9+/t19-,20-/m1/s1. The lowest BCUT2D eigenvalue weighted by Gasteiger charge is -2.23. The maximum Gasteiger partial charge on any atom is 0.0781 e. The first-order chi connectivity index (χ1) is 10.7. The maximum absolute atomic E-state index is 10.4. The van der Waals surface area contributed by atoms with Gasteiger partial charge in [-0.15, -0.1) is 0 Å². The summed E-state index contributed by atoms with van der Waals surface area (Å²) in [7, 11) is 0. The van der Waals surface area contributed by atoms with Gasteiger partial charge in [0.1, 0.15) is 0 Å². The van der Waals surface area contributed by atoms with Gasteiger partial charge in [0.25, 0.3) is 0 Å². The Labute approximate surface area is 142 Å². The monoisotopic (exact) mass is 324 g/mol. The molecule has 0 aliphatic carbocycles. The Morgan fingerprint density at radius 2 is 1.70 bits per heavy atom. The third-order valence-electron chi connectivity index (χ3n) is 4.15. The van der Waals surface area contributed by atoms with Crippen molar-refractivity contribution in [3.05, 3.63) is 34.9 Å². The number of allylic oxidation sites excluding steroid dienone is 3. The van der Waals surface area contributed by atoms with Gasteiger partial charge in [0.15, 0.2) is 0 Å². The van der Waals surface area contributed by atoms with Crippen LogP contribution in [-0.4, -0.2) is 33.6 Å². The Hall–Kier alpha value is -0.900. The van der Waals surface area contributed by atoms with Crippen molar-refractivity contribution in [2.75, 3.05) is 6.61 Å². The molecule has 0 spiro atoms. The van der Waals surface area contributed by atoms with Crippen LogP contribution in [0.25, 0.3) is 0 Å². The molecule has 2 atom stereocenters. The Balaban J connectivity index is 4.19. The van der Waals surface area contributed by atoms with E-state index in [2.05, 4.69) is 0 Å². The van der Waals surface area contributed by atoms with Gasteiger partial charge in [0.2, 0.25) is 0 Å². The van der Waals surface area contributed by atoms with Crippen LogP contribution in [0.3, 0.4) is 0 Å². The molecule has 0 aliphatic rings. The van der Waals surface area contributed by atoms with Crippen molar-refractivity contribution in [2.45, 2.75) is 84.8 Å². The van der Waals surface area contributed by atoms with Crippen LogP contribution in [0.2, 0.25) is 0 Å². The van der Waals surface area contributed by atoms with Crippen LogP contribution in [0, 0.1) is 0 Å². The summed E-state index contributed by atoms with van der Waals surface area (Å²) in [5.74, 6) is 0. The second-order valence-corrected chi connectivity index (χ2v) is 7.10. The summed E-state index contributed by atoms with van der Waals surface area (Å²) in [5, 5.41) is 29.3. The first-order valence-electron chi connectivity index (χ1n) is 8.65. The predicted octanol–water partition coefficient (Wildman–Crippen LogP) is 4.29. The highest BCUT2D eigenvalue weighted by atomic mass is 16.3. The van der Waals surface area contributed by atoms with Crippen LogP contribution in [-0.2, 0) is 0 Å². The SMILES string of the molecule is CC(C)=CC[C@@H](O)/C(C)=C/CC[C@](C)(O)CCC/C(C)=C/CO. The molecule has 0 unspecified atom stereocenters. The molecule has 23 heavy (non-hydrogen) atoms. The third kappa shape index (κ3) is 12.2. The van der Waals surface area contributed by atoms with Crippen molar-refractivity contribution >= 4 is 0 Å². The van der Waals surface area contributed by atoms with Crippen LogP contribution in [0.15, 0.2) is 34.9 Å². The molecule has 0 radical (unpaired) electrons. The summed E-state index contributed by atoms with van der Waals surface area (Å²) < 4.78 is 0. The fourth-order valence-corrected chi connectivity index (χ4v) is 2.41. The summed E-state index contributed by atoms with van der Waals surface area (Å²) in [4.78, 5) is 0. The van der Waals surface area contributed by atoms with Crippen LogP contribution in [0.1, 0.15) is 73.1 Å². The quantitative estimate of drug-likeness (QED) is 0.497. The average Bonchev–Trinajstić information content (AvgIpc) is 2.44. The zero-order valence-electron chi connectivity index (χ0n) is 15.6. The number of aliphatic hydroxyl groups excluding tert-OH is 2. The molecule has 0 aromatic rings. The molecule has 134 valence electrons. The minimum Gasteiger partial charge on any atom is -0.392 e. The molecule has 0 aromatic carbocycles. The summed E-state index contributed by atoms with van der Waals surface area (Å²) in [6, 6.07) is 0. The van der Waals surface area contributed by atoms with E-state index in [1.54, 1.807) is 0 Å². The van der Waals surface area contributed by atoms with E-state index in [0.29, 0.717) is 12.8 Å². The van der Waals surface area contributed by atoms with E-state index < -0.39 is 11.7 Å². The number of rotatable bonds is 11. The second kappa shape index (κ2) is 11.6. The zero-order valence-corrected chi connectivity index (χ0v) is 15.6. The van der Waals surface area contributed by atoms with Crippen molar-refractivity contribution in [3.63, 3.8) is 0 Å². The molecule has 3 nitrogen and oxygen atoms in total. The van der Waals surface area contributed by atoms with Gasteiger partial charge in [0.05, 0.1) is 18.3 Å². The van der Waals surface area contributed by atoms with Crippen molar-refractivity contribution in [3.8, 4) is 0 Å². The van der Waals surface area contributed by atoms with Gasteiger partial charge < -0.3 is 15.3 Å². The lowest BCUT2D eigenvalue weighted by molar-refractivity contribution is 0.0409. The van der Waals surface area contributed by atoms with E-state index in [1.165, 1.54) is 11.1 Å². The summed E-state index contributed by atoms with van der Waals surface area (Å²) in [6.07, 6.45) is 10.2. The molecular formula is C20H36O3. The van der Waals surface area contributed by atoms with Crippen LogP contribution >= 0.6 is 0 Å². The first kappa shape index (κ1) is 22.1. The first-order valence-corrected chi connectivity index (χ1v) is 8.65. The number of hydrogen-bond donors (Lipinski definition) is 3. The smallest absolute Gasteiger partial charge is 0.0781 e. The van der Waals surface area contributed by atoms with E-state index in [0.717, 1.165) is 31.3 Å². The maximum atomic E-state index is 10.4.